The fourth-order valence-corrected chi connectivity index (χ4v) is 2.32. The molecule has 0 heterocycles. The van der Waals surface area contributed by atoms with Crippen molar-refractivity contribution >= 4 is 15.9 Å². The SMILES string of the molecule is OC(Cc1cc(Br)ccc1F)C(O)c1ccccc1. The number of aliphatic hydroxyl groups excluding tert-OH is 2. The van der Waals surface area contributed by atoms with Gasteiger partial charge in [0.05, 0.1) is 6.10 Å². The van der Waals surface area contributed by atoms with Crippen molar-refractivity contribution in [1.29, 1.82) is 0 Å². The quantitative estimate of drug-likeness (QED) is 0.906. The lowest BCUT2D eigenvalue weighted by Gasteiger charge is -2.18. The topological polar surface area (TPSA) is 40.5 Å². The summed E-state index contributed by atoms with van der Waals surface area (Å²) in [4.78, 5) is 0. The Morgan fingerprint density at radius 2 is 1.74 bits per heavy atom. The van der Waals surface area contributed by atoms with Crippen LogP contribution in [0.4, 0.5) is 4.39 Å². The van der Waals surface area contributed by atoms with Crippen LogP contribution in [0.1, 0.15) is 17.2 Å². The Balaban J connectivity index is 2.12. The number of halogens is 2. The molecule has 2 atom stereocenters. The lowest BCUT2D eigenvalue weighted by atomic mass is 9.98. The average molecular weight is 325 g/mol. The number of hydrogen-bond acceptors (Lipinski definition) is 2. The normalized spacial score (nSPS) is 14.1. The maximum Gasteiger partial charge on any atom is 0.126 e. The number of hydrogen-bond donors (Lipinski definition) is 2. The number of benzene rings is 2. The Morgan fingerprint density at radius 1 is 1.05 bits per heavy atom. The minimum atomic E-state index is -1.05. The average Bonchev–Trinajstić information content (AvgIpc) is 2.43. The van der Waals surface area contributed by atoms with Crippen molar-refractivity contribution in [2.24, 2.45) is 0 Å². The van der Waals surface area contributed by atoms with Crippen LogP contribution in [0.25, 0.3) is 0 Å². The molecule has 0 aliphatic rings. The summed E-state index contributed by atoms with van der Waals surface area (Å²) in [6.45, 7) is 0. The molecule has 0 saturated heterocycles. The summed E-state index contributed by atoms with van der Waals surface area (Å²) in [6, 6.07) is 13.4. The summed E-state index contributed by atoms with van der Waals surface area (Å²) in [6.07, 6.45) is -2.02. The third-order valence-electron chi connectivity index (χ3n) is 2.94. The molecular formula is C15H14BrFO2. The van der Waals surface area contributed by atoms with E-state index in [0.29, 0.717) is 11.1 Å². The first-order chi connectivity index (χ1) is 9.08. The molecule has 0 aliphatic carbocycles. The van der Waals surface area contributed by atoms with E-state index in [1.54, 1.807) is 36.4 Å². The first-order valence-electron chi connectivity index (χ1n) is 5.93. The van der Waals surface area contributed by atoms with Gasteiger partial charge in [-0.05, 0) is 29.3 Å². The fourth-order valence-electron chi connectivity index (χ4n) is 1.91. The summed E-state index contributed by atoms with van der Waals surface area (Å²) in [5.41, 5.74) is 0.988. The van der Waals surface area contributed by atoms with Crippen LogP contribution in [0.2, 0.25) is 0 Å². The lowest BCUT2D eigenvalue weighted by molar-refractivity contribution is 0.0185. The van der Waals surface area contributed by atoms with Gasteiger partial charge in [0.15, 0.2) is 0 Å². The van der Waals surface area contributed by atoms with Gasteiger partial charge in [-0.3, -0.25) is 0 Å². The highest BCUT2D eigenvalue weighted by Gasteiger charge is 2.20. The first-order valence-corrected chi connectivity index (χ1v) is 6.72. The van der Waals surface area contributed by atoms with Gasteiger partial charge in [0.25, 0.3) is 0 Å². The molecule has 0 bridgehead atoms. The molecule has 2 nitrogen and oxygen atoms in total. The van der Waals surface area contributed by atoms with E-state index in [9.17, 15) is 14.6 Å². The van der Waals surface area contributed by atoms with Gasteiger partial charge in [0.2, 0.25) is 0 Å². The van der Waals surface area contributed by atoms with Crippen LogP contribution in [-0.4, -0.2) is 16.3 Å². The van der Waals surface area contributed by atoms with Gasteiger partial charge >= 0.3 is 0 Å². The van der Waals surface area contributed by atoms with E-state index < -0.39 is 12.2 Å². The molecule has 0 spiro atoms. The zero-order chi connectivity index (χ0) is 13.8. The maximum absolute atomic E-state index is 13.6. The van der Waals surface area contributed by atoms with Gasteiger partial charge in [0, 0.05) is 10.9 Å². The summed E-state index contributed by atoms with van der Waals surface area (Å²) >= 11 is 3.26. The van der Waals surface area contributed by atoms with Crippen molar-refractivity contribution in [2.45, 2.75) is 18.6 Å². The van der Waals surface area contributed by atoms with E-state index in [4.69, 9.17) is 0 Å². The van der Waals surface area contributed by atoms with Crippen molar-refractivity contribution in [3.63, 3.8) is 0 Å². The molecule has 2 N–H and O–H groups in total. The van der Waals surface area contributed by atoms with Crippen LogP contribution in [0.3, 0.4) is 0 Å². The Hall–Kier alpha value is -1.23. The molecule has 19 heavy (non-hydrogen) atoms. The molecule has 2 aromatic rings. The minimum Gasteiger partial charge on any atom is -0.390 e. The summed E-state index contributed by atoms with van der Waals surface area (Å²) < 4.78 is 14.3. The lowest BCUT2D eigenvalue weighted by Crippen LogP contribution is -2.21. The zero-order valence-corrected chi connectivity index (χ0v) is 11.7. The highest BCUT2D eigenvalue weighted by Crippen LogP contribution is 2.22. The third kappa shape index (κ3) is 3.62. The Kier molecular flexibility index (Phi) is 4.69. The summed E-state index contributed by atoms with van der Waals surface area (Å²) in [5, 5.41) is 20.0. The van der Waals surface area contributed by atoms with E-state index in [2.05, 4.69) is 15.9 Å². The van der Waals surface area contributed by atoms with Crippen LogP contribution in [-0.2, 0) is 6.42 Å². The van der Waals surface area contributed by atoms with Gasteiger partial charge in [0.1, 0.15) is 11.9 Å². The molecule has 0 radical (unpaired) electrons. The van der Waals surface area contributed by atoms with Crippen LogP contribution in [0, 0.1) is 5.82 Å². The predicted octanol–water partition coefficient (Wildman–Crippen LogP) is 3.23. The van der Waals surface area contributed by atoms with Crippen molar-refractivity contribution in [3.05, 3.63) is 69.9 Å². The van der Waals surface area contributed by atoms with Crippen LogP contribution >= 0.6 is 15.9 Å². The van der Waals surface area contributed by atoms with Gasteiger partial charge in [-0.25, -0.2) is 4.39 Å². The Labute approximate surface area is 119 Å². The van der Waals surface area contributed by atoms with Gasteiger partial charge < -0.3 is 10.2 Å². The number of aliphatic hydroxyl groups is 2. The number of rotatable bonds is 4. The van der Waals surface area contributed by atoms with Crippen LogP contribution < -0.4 is 0 Å². The largest absolute Gasteiger partial charge is 0.390 e. The monoisotopic (exact) mass is 324 g/mol. The molecule has 100 valence electrons. The van der Waals surface area contributed by atoms with Crippen molar-refractivity contribution in [3.8, 4) is 0 Å². The standard InChI is InChI=1S/C15H14BrFO2/c16-12-6-7-13(17)11(8-12)9-14(18)15(19)10-4-2-1-3-5-10/h1-8,14-15,18-19H,9H2. The highest BCUT2D eigenvalue weighted by atomic mass is 79.9. The van der Waals surface area contributed by atoms with Crippen molar-refractivity contribution < 1.29 is 14.6 Å². The molecule has 2 rings (SSSR count). The van der Waals surface area contributed by atoms with E-state index in [1.165, 1.54) is 6.07 Å². The molecule has 0 saturated carbocycles. The smallest absolute Gasteiger partial charge is 0.126 e. The van der Waals surface area contributed by atoms with E-state index in [1.807, 2.05) is 6.07 Å². The van der Waals surface area contributed by atoms with Gasteiger partial charge in [-0.2, -0.15) is 0 Å². The molecule has 0 aromatic heterocycles. The summed E-state index contributed by atoms with van der Waals surface area (Å²) in [7, 11) is 0. The van der Waals surface area contributed by atoms with E-state index >= 15 is 0 Å². The van der Waals surface area contributed by atoms with E-state index in [-0.39, 0.29) is 12.2 Å². The van der Waals surface area contributed by atoms with Crippen LogP contribution in [0.5, 0.6) is 0 Å². The molecule has 0 aliphatic heterocycles. The molecule has 2 aromatic carbocycles. The molecule has 2 unspecified atom stereocenters. The van der Waals surface area contributed by atoms with Crippen LogP contribution in [0.15, 0.2) is 53.0 Å². The second-order valence-electron chi connectivity index (χ2n) is 4.36. The second kappa shape index (κ2) is 6.28. The van der Waals surface area contributed by atoms with Gasteiger partial charge in [-0.15, -0.1) is 0 Å². The third-order valence-corrected chi connectivity index (χ3v) is 3.44. The highest BCUT2D eigenvalue weighted by molar-refractivity contribution is 9.10. The Bertz CT molecular complexity index is 545. The molecular weight excluding hydrogens is 311 g/mol. The predicted molar refractivity (Wildman–Crippen MR) is 75.2 cm³/mol. The summed E-state index contributed by atoms with van der Waals surface area (Å²) in [5.74, 6) is -0.387. The van der Waals surface area contributed by atoms with Gasteiger partial charge in [-0.1, -0.05) is 46.3 Å². The Morgan fingerprint density at radius 3 is 2.42 bits per heavy atom. The molecule has 4 heteroatoms. The van der Waals surface area contributed by atoms with Crippen molar-refractivity contribution in [2.75, 3.05) is 0 Å². The minimum absolute atomic E-state index is 0.0569. The maximum atomic E-state index is 13.6. The first kappa shape index (κ1) is 14.2. The van der Waals surface area contributed by atoms with Crippen molar-refractivity contribution in [1.82, 2.24) is 0 Å². The molecule has 0 amide bonds. The van der Waals surface area contributed by atoms with E-state index in [0.717, 1.165) is 4.47 Å². The zero-order valence-electron chi connectivity index (χ0n) is 10.1. The second-order valence-corrected chi connectivity index (χ2v) is 5.28. The fraction of sp³-hybridized carbons (Fsp3) is 0.200. The molecule has 0 fully saturated rings.